The van der Waals surface area contributed by atoms with Crippen molar-refractivity contribution in [3.63, 3.8) is 0 Å². The number of amides is 2. The Labute approximate surface area is 222 Å². The molecule has 0 saturated heterocycles. The Kier molecular flexibility index (Phi) is 9.91. The van der Waals surface area contributed by atoms with Gasteiger partial charge in [-0.1, -0.05) is 43.3 Å². The van der Waals surface area contributed by atoms with Crippen LogP contribution in [0, 0.1) is 20.8 Å². The van der Waals surface area contributed by atoms with E-state index in [4.69, 9.17) is 0 Å². The molecule has 1 N–H and O–H groups in total. The summed E-state index contributed by atoms with van der Waals surface area (Å²) in [5.41, 5.74) is 3.43. The van der Waals surface area contributed by atoms with Gasteiger partial charge in [0.1, 0.15) is 12.6 Å². The molecule has 0 aliphatic heterocycles. The number of nitrogens with zero attached hydrogens (tertiary/aromatic N) is 3. The lowest BCUT2D eigenvalue weighted by Gasteiger charge is -2.35. The van der Waals surface area contributed by atoms with Crippen molar-refractivity contribution in [1.82, 2.24) is 14.5 Å². The highest BCUT2D eigenvalue weighted by Gasteiger charge is 2.35. The van der Waals surface area contributed by atoms with Gasteiger partial charge in [-0.15, -0.1) is 0 Å². The van der Waals surface area contributed by atoms with Crippen LogP contribution in [0.1, 0.15) is 56.4 Å². The summed E-state index contributed by atoms with van der Waals surface area (Å²) in [5.74, 6) is -0.726. The van der Waals surface area contributed by atoms with E-state index in [9.17, 15) is 18.0 Å². The predicted molar refractivity (Wildman–Crippen MR) is 150 cm³/mol. The van der Waals surface area contributed by atoms with Crippen molar-refractivity contribution in [2.45, 2.75) is 73.0 Å². The molecule has 0 fully saturated rings. The lowest BCUT2D eigenvalue weighted by Crippen LogP contribution is -2.55. The third-order valence-corrected chi connectivity index (χ3v) is 7.94. The molecule has 0 aliphatic carbocycles. The van der Waals surface area contributed by atoms with Crippen molar-refractivity contribution in [3.05, 3.63) is 64.7 Å². The fourth-order valence-electron chi connectivity index (χ4n) is 4.03. The first-order chi connectivity index (χ1) is 17.1. The van der Waals surface area contributed by atoms with Crippen LogP contribution >= 0.6 is 0 Å². The maximum absolute atomic E-state index is 14.0. The van der Waals surface area contributed by atoms with Crippen LogP contribution in [0.5, 0.6) is 0 Å². The van der Waals surface area contributed by atoms with Gasteiger partial charge in [-0.2, -0.15) is 12.7 Å². The molecule has 1 atom stereocenters. The maximum atomic E-state index is 14.0. The zero-order valence-corrected chi connectivity index (χ0v) is 24.4. The number of rotatable bonds is 10. The van der Waals surface area contributed by atoms with E-state index in [1.54, 1.807) is 6.07 Å². The van der Waals surface area contributed by atoms with E-state index < -0.39 is 34.2 Å². The van der Waals surface area contributed by atoms with Crippen LogP contribution < -0.4 is 9.62 Å². The standard InChI is InChI=1S/C28H42N4O4S/c1-10-24(27(34)29-28(5,6)7)31(18-23-14-12-11-13-21(23)3)26(33)19-32(37(35,36)30(8)9)25-17-20(2)15-16-22(25)4/h11-17,24H,10,18-19H2,1-9H3,(H,29,34)/t24-/m0/s1. The molecule has 0 aliphatic rings. The van der Waals surface area contributed by atoms with Crippen LogP contribution in [0.25, 0.3) is 0 Å². The molecule has 9 heteroatoms. The normalized spacial score (nSPS) is 12.8. The van der Waals surface area contributed by atoms with Gasteiger partial charge in [-0.05, 0) is 76.3 Å². The summed E-state index contributed by atoms with van der Waals surface area (Å²) >= 11 is 0. The molecule has 2 rings (SSSR count). The van der Waals surface area contributed by atoms with Crippen LogP contribution in [0.15, 0.2) is 42.5 Å². The Morgan fingerprint density at radius 1 is 0.973 bits per heavy atom. The minimum atomic E-state index is -4.00. The second kappa shape index (κ2) is 12.1. The fraction of sp³-hybridized carbons (Fsp3) is 0.500. The van der Waals surface area contributed by atoms with Crippen LogP contribution in [-0.2, 0) is 26.3 Å². The lowest BCUT2D eigenvalue weighted by molar-refractivity contribution is -0.141. The molecular formula is C28H42N4O4S. The molecule has 0 saturated carbocycles. The highest BCUT2D eigenvalue weighted by atomic mass is 32.2. The van der Waals surface area contributed by atoms with Crippen LogP contribution in [0.2, 0.25) is 0 Å². The van der Waals surface area contributed by atoms with Crippen LogP contribution in [0.3, 0.4) is 0 Å². The molecule has 2 aromatic carbocycles. The molecule has 37 heavy (non-hydrogen) atoms. The largest absolute Gasteiger partial charge is 0.350 e. The fourth-order valence-corrected chi connectivity index (χ4v) is 5.15. The summed E-state index contributed by atoms with van der Waals surface area (Å²) in [5, 5.41) is 2.98. The van der Waals surface area contributed by atoms with Gasteiger partial charge >= 0.3 is 10.2 Å². The topological polar surface area (TPSA) is 90.0 Å². The van der Waals surface area contributed by atoms with Crippen molar-refractivity contribution in [2.75, 3.05) is 24.9 Å². The third-order valence-electron chi connectivity index (χ3n) is 6.14. The zero-order valence-electron chi connectivity index (χ0n) is 23.6. The molecule has 2 aromatic rings. The monoisotopic (exact) mass is 530 g/mol. The van der Waals surface area contributed by atoms with Crippen LogP contribution in [0.4, 0.5) is 5.69 Å². The highest BCUT2D eigenvalue weighted by molar-refractivity contribution is 7.90. The molecule has 0 unspecified atom stereocenters. The summed E-state index contributed by atoms with van der Waals surface area (Å²) in [4.78, 5) is 28.8. The molecule has 0 spiro atoms. The van der Waals surface area contributed by atoms with Gasteiger partial charge in [0.25, 0.3) is 0 Å². The quantitative estimate of drug-likeness (QED) is 0.504. The van der Waals surface area contributed by atoms with Gasteiger partial charge in [0.05, 0.1) is 5.69 Å². The summed E-state index contributed by atoms with van der Waals surface area (Å²) in [6, 6.07) is 12.4. The summed E-state index contributed by atoms with van der Waals surface area (Å²) in [7, 11) is -1.13. The number of carbonyl (C=O) groups excluding carboxylic acids is 2. The molecule has 8 nitrogen and oxygen atoms in total. The summed E-state index contributed by atoms with van der Waals surface area (Å²) < 4.78 is 29.1. The number of aryl methyl sites for hydroxylation is 3. The molecule has 204 valence electrons. The van der Waals surface area contributed by atoms with E-state index in [0.29, 0.717) is 12.1 Å². The van der Waals surface area contributed by atoms with Gasteiger partial charge in [0, 0.05) is 26.2 Å². The minimum Gasteiger partial charge on any atom is -0.350 e. The van der Waals surface area contributed by atoms with Gasteiger partial charge in [-0.3, -0.25) is 9.59 Å². The smallest absolute Gasteiger partial charge is 0.304 e. The van der Waals surface area contributed by atoms with E-state index in [1.165, 1.54) is 19.0 Å². The van der Waals surface area contributed by atoms with Gasteiger partial charge in [0.2, 0.25) is 11.8 Å². The van der Waals surface area contributed by atoms with Crippen LogP contribution in [-0.4, -0.2) is 61.7 Å². The first-order valence-corrected chi connectivity index (χ1v) is 13.9. The van der Waals surface area contributed by atoms with Crippen molar-refractivity contribution in [3.8, 4) is 0 Å². The number of carbonyl (C=O) groups is 2. The van der Waals surface area contributed by atoms with Gasteiger partial charge < -0.3 is 10.2 Å². The first-order valence-electron chi connectivity index (χ1n) is 12.5. The zero-order chi connectivity index (χ0) is 28.1. The van der Waals surface area contributed by atoms with E-state index in [0.717, 1.165) is 30.9 Å². The average Bonchev–Trinajstić information content (AvgIpc) is 2.78. The Morgan fingerprint density at radius 3 is 2.14 bits per heavy atom. The Hall–Kier alpha value is -2.91. The second-order valence-corrected chi connectivity index (χ2v) is 12.8. The molecule has 0 bridgehead atoms. The highest BCUT2D eigenvalue weighted by Crippen LogP contribution is 2.26. The van der Waals surface area contributed by atoms with E-state index in [1.807, 2.05) is 84.9 Å². The SMILES string of the molecule is CC[C@@H](C(=O)NC(C)(C)C)N(Cc1ccccc1C)C(=O)CN(c1cc(C)ccc1C)S(=O)(=O)N(C)C. The molecule has 0 aromatic heterocycles. The van der Waals surface area contributed by atoms with Crippen molar-refractivity contribution < 1.29 is 18.0 Å². The predicted octanol–water partition coefficient (Wildman–Crippen LogP) is 3.95. The maximum Gasteiger partial charge on any atom is 0.304 e. The Morgan fingerprint density at radius 2 is 1.59 bits per heavy atom. The van der Waals surface area contributed by atoms with E-state index in [2.05, 4.69) is 5.32 Å². The lowest BCUT2D eigenvalue weighted by atomic mass is 10.0. The Bertz CT molecular complexity index is 1220. The number of benzene rings is 2. The summed E-state index contributed by atoms with van der Waals surface area (Å²) in [6.45, 7) is 12.9. The van der Waals surface area contributed by atoms with Crippen molar-refractivity contribution in [1.29, 1.82) is 0 Å². The van der Waals surface area contributed by atoms with Crippen molar-refractivity contribution >= 4 is 27.7 Å². The third kappa shape index (κ3) is 7.79. The summed E-state index contributed by atoms with van der Waals surface area (Å²) in [6.07, 6.45) is 0.378. The number of anilines is 1. The van der Waals surface area contributed by atoms with E-state index in [-0.39, 0.29) is 12.5 Å². The number of nitrogens with one attached hydrogen (secondary N) is 1. The molecule has 0 heterocycles. The first kappa shape index (κ1) is 30.3. The molecular weight excluding hydrogens is 488 g/mol. The van der Waals surface area contributed by atoms with Gasteiger partial charge in [-0.25, -0.2) is 4.31 Å². The number of hydrogen-bond acceptors (Lipinski definition) is 4. The average molecular weight is 531 g/mol. The second-order valence-electron chi connectivity index (χ2n) is 10.7. The van der Waals surface area contributed by atoms with E-state index >= 15 is 0 Å². The minimum absolute atomic E-state index is 0.185. The Balaban J connectivity index is 2.59. The molecule has 0 radical (unpaired) electrons. The van der Waals surface area contributed by atoms with Crippen molar-refractivity contribution in [2.24, 2.45) is 0 Å². The van der Waals surface area contributed by atoms with Gasteiger partial charge in [0.15, 0.2) is 0 Å². The molecule has 2 amide bonds. The number of hydrogen-bond donors (Lipinski definition) is 1.